The standard InChI is InChI=1S/C11H18F2N4/c1-16-5-2-9(3-6-16)15-8-10-14-4-7-17(10)11(12)13/h4,7,9,11,15H,2-3,5-6,8H2,1H3. The Hall–Kier alpha value is -1.01. The largest absolute Gasteiger partial charge is 0.319 e. The molecule has 0 radical (unpaired) electrons. The minimum Gasteiger partial charge on any atom is -0.307 e. The summed E-state index contributed by atoms with van der Waals surface area (Å²) < 4.78 is 26.0. The molecule has 0 aliphatic carbocycles. The number of aromatic nitrogens is 2. The minimum absolute atomic E-state index is 0.402. The summed E-state index contributed by atoms with van der Waals surface area (Å²) in [6.07, 6.45) is 4.85. The Labute approximate surface area is 99.6 Å². The van der Waals surface area contributed by atoms with E-state index in [1.54, 1.807) is 0 Å². The first kappa shape index (κ1) is 12.4. The van der Waals surface area contributed by atoms with Crippen LogP contribution in [0.1, 0.15) is 25.2 Å². The van der Waals surface area contributed by atoms with Crippen LogP contribution in [0.25, 0.3) is 0 Å². The van der Waals surface area contributed by atoms with Gasteiger partial charge in [-0.3, -0.25) is 4.57 Å². The molecule has 0 amide bonds. The van der Waals surface area contributed by atoms with E-state index >= 15 is 0 Å². The summed E-state index contributed by atoms with van der Waals surface area (Å²) in [5.74, 6) is 0.402. The first-order chi connectivity index (χ1) is 8.16. The van der Waals surface area contributed by atoms with Crippen LogP contribution >= 0.6 is 0 Å². The SMILES string of the molecule is CN1CCC(NCc2nccn2C(F)F)CC1. The van der Waals surface area contributed by atoms with Crippen LogP contribution in [0.5, 0.6) is 0 Å². The quantitative estimate of drug-likeness (QED) is 0.870. The molecule has 0 unspecified atom stereocenters. The molecule has 1 aliphatic heterocycles. The minimum atomic E-state index is -2.51. The van der Waals surface area contributed by atoms with E-state index in [4.69, 9.17) is 0 Å². The number of hydrogen-bond acceptors (Lipinski definition) is 3. The van der Waals surface area contributed by atoms with Crippen molar-refractivity contribution in [1.29, 1.82) is 0 Å². The first-order valence-corrected chi connectivity index (χ1v) is 5.88. The number of piperidine rings is 1. The zero-order valence-electron chi connectivity index (χ0n) is 9.94. The van der Waals surface area contributed by atoms with Gasteiger partial charge in [-0.15, -0.1) is 0 Å². The van der Waals surface area contributed by atoms with Crippen LogP contribution in [-0.2, 0) is 6.54 Å². The third-order valence-corrected chi connectivity index (χ3v) is 3.23. The highest BCUT2D eigenvalue weighted by molar-refractivity contribution is 4.93. The molecule has 0 atom stereocenters. The molecule has 4 nitrogen and oxygen atoms in total. The van der Waals surface area contributed by atoms with Crippen molar-refractivity contribution >= 4 is 0 Å². The molecule has 2 heterocycles. The highest BCUT2D eigenvalue weighted by atomic mass is 19.3. The van der Waals surface area contributed by atoms with Crippen molar-refractivity contribution in [2.75, 3.05) is 20.1 Å². The fraction of sp³-hybridized carbons (Fsp3) is 0.727. The average Bonchev–Trinajstić information content (AvgIpc) is 2.76. The van der Waals surface area contributed by atoms with Crippen molar-refractivity contribution in [1.82, 2.24) is 19.8 Å². The van der Waals surface area contributed by atoms with Gasteiger partial charge in [-0.2, -0.15) is 8.78 Å². The lowest BCUT2D eigenvalue weighted by Gasteiger charge is -2.29. The smallest absolute Gasteiger partial charge is 0.307 e. The highest BCUT2D eigenvalue weighted by Gasteiger charge is 2.17. The van der Waals surface area contributed by atoms with Crippen LogP contribution in [0.15, 0.2) is 12.4 Å². The van der Waals surface area contributed by atoms with Crippen LogP contribution < -0.4 is 5.32 Å². The lowest BCUT2D eigenvalue weighted by molar-refractivity contribution is 0.0663. The van der Waals surface area contributed by atoms with Gasteiger partial charge in [0, 0.05) is 18.4 Å². The van der Waals surface area contributed by atoms with Gasteiger partial charge in [0.2, 0.25) is 0 Å². The lowest BCUT2D eigenvalue weighted by Crippen LogP contribution is -2.40. The van der Waals surface area contributed by atoms with E-state index in [-0.39, 0.29) is 0 Å². The van der Waals surface area contributed by atoms with Crippen LogP contribution in [0.3, 0.4) is 0 Å². The van der Waals surface area contributed by atoms with Gasteiger partial charge < -0.3 is 10.2 Å². The molecule has 1 saturated heterocycles. The van der Waals surface area contributed by atoms with Gasteiger partial charge in [0.05, 0.1) is 6.54 Å². The zero-order chi connectivity index (χ0) is 12.3. The molecule has 96 valence electrons. The number of nitrogens with zero attached hydrogens (tertiary/aromatic N) is 3. The topological polar surface area (TPSA) is 33.1 Å². The third kappa shape index (κ3) is 3.23. The molecule has 17 heavy (non-hydrogen) atoms. The summed E-state index contributed by atoms with van der Waals surface area (Å²) >= 11 is 0. The van der Waals surface area contributed by atoms with E-state index in [1.807, 2.05) is 0 Å². The van der Waals surface area contributed by atoms with Crippen molar-refractivity contribution in [3.8, 4) is 0 Å². The molecule has 1 aliphatic rings. The Morgan fingerprint density at radius 2 is 2.18 bits per heavy atom. The molecular formula is C11H18F2N4. The molecule has 1 aromatic rings. The second kappa shape index (κ2) is 5.55. The summed E-state index contributed by atoms with van der Waals surface area (Å²) in [5, 5.41) is 3.30. The average molecular weight is 244 g/mol. The van der Waals surface area contributed by atoms with E-state index in [9.17, 15) is 8.78 Å². The van der Waals surface area contributed by atoms with E-state index in [0.29, 0.717) is 18.4 Å². The Bertz CT molecular complexity index is 345. The molecule has 2 rings (SSSR count). The third-order valence-electron chi connectivity index (χ3n) is 3.23. The van der Waals surface area contributed by atoms with E-state index < -0.39 is 6.55 Å². The van der Waals surface area contributed by atoms with Gasteiger partial charge in [0.25, 0.3) is 0 Å². The van der Waals surface area contributed by atoms with Gasteiger partial charge in [0.15, 0.2) is 0 Å². The molecule has 1 fully saturated rings. The maximum atomic E-state index is 12.6. The monoisotopic (exact) mass is 244 g/mol. The molecule has 0 bridgehead atoms. The summed E-state index contributed by atoms with van der Waals surface area (Å²) in [4.78, 5) is 6.22. The van der Waals surface area contributed by atoms with E-state index in [1.165, 1.54) is 12.4 Å². The van der Waals surface area contributed by atoms with Crippen LogP contribution in [0.4, 0.5) is 8.78 Å². The molecule has 1 aromatic heterocycles. The molecule has 0 saturated carbocycles. The number of likely N-dealkylation sites (tertiary alicyclic amines) is 1. The summed E-state index contributed by atoms with van der Waals surface area (Å²) in [7, 11) is 2.10. The Morgan fingerprint density at radius 3 is 2.82 bits per heavy atom. The lowest BCUT2D eigenvalue weighted by atomic mass is 10.1. The Kier molecular flexibility index (Phi) is 4.06. The predicted octanol–water partition coefficient (Wildman–Crippen LogP) is 1.46. The Morgan fingerprint density at radius 1 is 1.47 bits per heavy atom. The van der Waals surface area contributed by atoms with Crippen molar-refractivity contribution < 1.29 is 8.78 Å². The van der Waals surface area contributed by atoms with Gasteiger partial charge in [-0.1, -0.05) is 0 Å². The second-order valence-corrected chi connectivity index (χ2v) is 4.49. The second-order valence-electron chi connectivity index (χ2n) is 4.49. The van der Waals surface area contributed by atoms with Crippen LogP contribution in [-0.4, -0.2) is 40.6 Å². The predicted molar refractivity (Wildman–Crippen MR) is 60.8 cm³/mol. The number of hydrogen-bond donors (Lipinski definition) is 1. The van der Waals surface area contributed by atoms with E-state index in [0.717, 1.165) is 30.5 Å². The highest BCUT2D eigenvalue weighted by Crippen LogP contribution is 2.13. The van der Waals surface area contributed by atoms with Gasteiger partial charge in [-0.05, 0) is 33.0 Å². The zero-order valence-corrected chi connectivity index (χ0v) is 9.94. The number of halogens is 2. The number of alkyl halides is 2. The molecule has 6 heteroatoms. The fourth-order valence-electron chi connectivity index (χ4n) is 2.11. The maximum Gasteiger partial charge on any atom is 0.319 e. The fourth-order valence-corrected chi connectivity index (χ4v) is 2.11. The summed E-state index contributed by atoms with van der Waals surface area (Å²) in [6.45, 7) is 0.0139. The maximum absolute atomic E-state index is 12.6. The van der Waals surface area contributed by atoms with Crippen LogP contribution in [0.2, 0.25) is 0 Å². The van der Waals surface area contributed by atoms with Crippen molar-refractivity contribution in [2.24, 2.45) is 0 Å². The van der Waals surface area contributed by atoms with E-state index in [2.05, 4.69) is 22.2 Å². The van der Waals surface area contributed by atoms with Gasteiger partial charge in [0.1, 0.15) is 5.82 Å². The van der Waals surface area contributed by atoms with Crippen LogP contribution in [0, 0.1) is 0 Å². The number of rotatable bonds is 4. The summed E-state index contributed by atoms with van der Waals surface area (Å²) in [5.41, 5.74) is 0. The van der Waals surface area contributed by atoms with Gasteiger partial charge in [-0.25, -0.2) is 4.98 Å². The summed E-state index contributed by atoms with van der Waals surface area (Å²) in [6, 6.07) is 0.411. The van der Waals surface area contributed by atoms with Crippen molar-refractivity contribution in [3.05, 3.63) is 18.2 Å². The molecule has 1 N–H and O–H groups in total. The molecular weight excluding hydrogens is 226 g/mol. The Balaban J connectivity index is 1.83. The normalized spacial score (nSPS) is 19.1. The van der Waals surface area contributed by atoms with Crippen molar-refractivity contribution in [2.45, 2.75) is 32.0 Å². The number of imidazole rings is 1. The number of nitrogens with one attached hydrogen (secondary N) is 1. The van der Waals surface area contributed by atoms with Crippen molar-refractivity contribution in [3.63, 3.8) is 0 Å². The van der Waals surface area contributed by atoms with Gasteiger partial charge >= 0.3 is 6.55 Å². The first-order valence-electron chi connectivity index (χ1n) is 5.88. The molecule has 0 spiro atoms. The molecule has 0 aromatic carbocycles.